The Morgan fingerprint density at radius 1 is 0.579 bits per heavy atom. The summed E-state index contributed by atoms with van der Waals surface area (Å²) in [6.45, 7) is 12.7. The topological polar surface area (TPSA) is 151 Å². The van der Waals surface area contributed by atoms with E-state index in [2.05, 4.69) is 0 Å². The van der Waals surface area contributed by atoms with E-state index in [1.54, 1.807) is 34.6 Å². The normalized spacial score (nSPS) is 10.8. The number of benzene rings is 3. The molecule has 0 aliphatic rings. The van der Waals surface area contributed by atoms with Gasteiger partial charge in [-0.1, -0.05) is 0 Å². The van der Waals surface area contributed by atoms with E-state index in [1.807, 2.05) is 0 Å². The number of carbonyl (C=O) groups excluding carboxylic acids is 2. The molecule has 0 saturated heterocycles. The van der Waals surface area contributed by atoms with Gasteiger partial charge in [-0.3, -0.25) is 0 Å². The Morgan fingerprint density at radius 2 is 1.05 bits per heavy atom. The number of phenols is 3. The van der Waals surface area contributed by atoms with Crippen LogP contribution < -0.4 is 9.47 Å². The van der Waals surface area contributed by atoms with E-state index in [0.717, 1.165) is 0 Å². The summed E-state index contributed by atoms with van der Waals surface area (Å²) in [7, 11) is 0. The van der Waals surface area contributed by atoms with Crippen LogP contribution >= 0.6 is 0 Å². The molecule has 0 fully saturated rings. The number of aryl methyl sites for hydroxylation is 2. The van der Waals surface area contributed by atoms with E-state index in [9.17, 15) is 34.8 Å². The number of esters is 2. The number of hydrogen-bond acceptors (Lipinski definition) is 8. The van der Waals surface area contributed by atoms with Crippen LogP contribution in [0.3, 0.4) is 0 Å². The van der Waals surface area contributed by atoms with Gasteiger partial charge in [-0.2, -0.15) is 0 Å². The van der Waals surface area contributed by atoms with Gasteiger partial charge in [0, 0.05) is 11.1 Å². The smallest absolute Gasteiger partial charge is 0.347 e. The Bertz CT molecular complexity index is 1500. The van der Waals surface area contributed by atoms with E-state index in [0.29, 0.717) is 27.8 Å². The summed E-state index contributed by atoms with van der Waals surface area (Å²) in [5, 5.41) is 40.1. The minimum absolute atomic E-state index is 0.0215. The fourth-order valence-electron chi connectivity index (χ4n) is 4.41. The molecular formula is C29H30O9. The van der Waals surface area contributed by atoms with Crippen LogP contribution in [0.15, 0.2) is 12.1 Å². The number of carboxylic acids is 1. The molecule has 200 valence electrons. The summed E-state index contributed by atoms with van der Waals surface area (Å²) in [4.78, 5) is 37.8. The summed E-state index contributed by atoms with van der Waals surface area (Å²) < 4.78 is 11.3. The minimum Gasteiger partial charge on any atom is -0.508 e. The van der Waals surface area contributed by atoms with Crippen molar-refractivity contribution in [1.82, 2.24) is 0 Å². The summed E-state index contributed by atoms with van der Waals surface area (Å²) in [6, 6.07) is 2.75. The lowest BCUT2D eigenvalue weighted by molar-refractivity contribution is 0.0689. The highest BCUT2D eigenvalue weighted by Crippen LogP contribution is 2.38. The summed E-state index contributed by atoms with van der Waals surface area (Å²) in [6.07, 6.45) is 0. The summed E-state index contributed by atoms with van der Waals surface area (Å²) >= 11 is 0. The molecule has 38 heavy (non-hydrogen) atoms. The standard InChI is InChI=1S/C29H30O9/c1-11-9-19(30)17(7)24(31)22(11)28(35)38-26-15(5)13(3)23(14(4)16(26)6)29(36)37-20-10-12(2)21(27(33)34)25(32)18(20)8/h9-10,30-32H,1-8H3,(H,33,34). The molecule has 0 amide bonds. The van der Waals surface area contributed by atoms with Crippen molar-refractivity contribution in [3.8, 4) is 28.7 Å². The molecule has 0 radical (unpaired) electrons. The first-order valence-electron chi connectivity index (χ1n) is 11.7. The van der Waals surface area contributed by atoms with E-state index < -0.39 is 23.7 Å². The molecule has 4 N–H and O–H groups in total. The van der Waals surface area contributed by atoms with Crippen LogP contribution in [0.2, 0.25) is 0 Å². The number of aromatic hydroxyl groups is 3. The van der Waals surface area contributed by atoms with E-state index in [4.69, 9.17) is 9.47 Å². The van der Waals surface area contributed by atoms with Gasteiger partial charge in [-0.05, 0) is 101 Å². The Morgan fingerprint density at radius 3 is 1.58 bits per heavy atom. The lowest BCUT2D eigenvalue weighted by Gasteiger charge is -2.20. The second kappa shape index (κ2) is 10.1. The third-order valence-electron chi connectivity index (χ3n) is 7.00. The first-order valence-corrected chi connectivity index (χ1v) is 11.7. The monoisotopic (exact) mass is 522 g/mol. The molecule has 3 aromatic carbocycles. The van der Waals surface area contributed by atoms with Crippen LogP contribution in [0.4, 0.5) is 0 Å². The molecule has 0 unspecified atom stereocenters. The largest absolute Gasteiger partial charge is 0.508 e. The predicted octanol–water partition coefficient (Wildman–Crippen LogP) is 5.41. The Kier molecular flexibility index (Phi) is 7.44. The van der Waals surface area contributed by atoms with Crippen molar-refractivity contribution in [3.63, 3.8) is 0 Å². The van der Waals surface area contributed by atoms with Crippen LogP contribution in [0.1, 0.15) is 75.6 Å². The van der Waals surface area contributed by atoms with Crippen LogP contribution in [0.25, 0.3) is 0 Å². The SMILES string of the molecule is Cc1cc(O)c(C)c(O)c1C(=O)Oc1c(C)c(C)c(C(=O)Oc2cc(C)c(C(=O)O)c(O)c2C)c(C)c1C. The van der Waals surface area contributed by atoms with Crippen LogP contribution in [-0.2, 0) is 0 Å². The molecule has 9 heteroatoms. The highest BCUT2D eigenvalue weighted by atomic mass is 16.5. The third kappa shape index (κ3) is 4.63. The van der Waals surface area contributed by atoms with Crippen molar-refractivity contribution in [2.24, 2.45) is 0 Å². The van der Waals surface area contributed by atoms with Crippen molar-refractivity contribution in [2.45, 2.75) is 55.4 Å². The van der Waals surface area contributed by atoms with Gasteiger partial charge in [0.25, 0.3) is 0 Å². The second-order valence-electron chi connectivity index (χ2n) is 9.39. The highest BCUT2D eigenvalue weighted by Gasteiger charge is 2.27. The molecule has 9 nitrogen and oxygen atoms in total. The van der Waals surface area contributed by atoms with E-state index >= 15 is 0 Å². The Hall–Kier alpha value is -4.53. The van der Waals surface area contributed by atoms with Gasteiger partial charge < -0.3 is 29.9 Å². The average Bonchev–Trinajstić information content (AvgIpc) is 2.82. The number of carboxylic acid groups (broad SMARTS) is 1. The zero-order valence-electron chi connectivity index (χ0n) is 22.5. The van der Waals surface area contributed by atoms with Gasteiger partial charge in [0.05, 0.1) is 5.56 Å². The molecule has 0 saturated carbocycles. The molecule has 0 bridgehead atoms. The number of hydrogen-bond donors (Lipinski definition) is 4. The van der Waals surface area contributed by atoms with Crippen LogP contribution in [-0.4, -0.2) is 38.3 Å². The zero-order chi connectivity index (χ0) is 28.8. The predicted molar refractivity (Wildman–Crippen MR) is 139 cm³/mol. The van der Waals surface area contributed by atoms with Crippen LogP contribution in [0.5, 0.6) is 28.7 Å². The lowest BCUT2D eigenvalue weighted by Crippen LogP contribution is -2.18. The average molecular weight is 523 g/mol. The van der Waals surface area contributed by atoms with E-state index in [-0.39, 0.29) is 56.4 Å². The number of aromatic carboxylic acids is 1. The molecule has 3 aromatic rings. The first-order chi connectivity index (χ1) is 17.6. The van der Waals surface area contributed by atoms with E-state index in [1.165, 1.54) is 32.9 Å². The zero-order valence-corrected chi connectivity index (χ0v) is 22.5. The Balaban J connectivity index is 2.03. The number of phenolic OH excluding ortho intramolecular Hbond substituents is 2. The maximum atomic E-state index is 13.3. The molecule has 0 atom stereocenters. The molecule has 0 spiro atoms. The minimum atomic E-state index is -1.30. The number of carbonyl (C=O) groups is 3. The molecule has 0 aliphatic carbocycles. The van der Waals surface area contributed by atoms with Gasteiger partial charge in [0.15, 0.2) is 0 Å². The molecule has 3 rings (SSSR count). The van der Waals surface area contributed by atoms with Gasteiger partial charge in [-0.25, -0.2) is 14.4 Å². The van der Waals surface area contributed by atoms with Crippen molar-refractivity contribution in [3.05, 3.63) is 73.3 Å². The highest BCUT2D eigenvalue weighted by molar-refractivity contribution is 5.99. The number of ether oxygens (including phenoxy) is 2. The van der Waals surface area contributed by atoms with Gasteiger partial charge in [0.2, 0.25) is 0 Å². The Labute approximate surface area is 219 Å². The fraction of sp³-hybridized carbons (Fsp3) is 0.276. The molecule has 0 heterocycles. The summed E-state index contributed by atoms with van der Waals surface area (Å²) in [5.74, 6) is -3.59. The lowest BCUT2D eigenvalue weighted by atomic mass is 9.92. The van der Waals surface area contributed by atoms with Crippen LogP contribution in [0, 0.1) is 55.4 Å². The molecule has 0 aliphatic heterocycles. The first kappa shape index (κ1) is 28.0. The quantitative estimate of drug-likeness (QED) is 0.255. The second-order valence-corrected chi connectivity index (χ2v) is 9.39. The van der Waals surface area contributed by atoms with Crippen molar-refractivity contribution >= 4 is 17.9 Å². The maximum absolute atomic E-state index is 13.3. The van der Waals surface area contributed by atoms with Crippen molar-refractivity contribution in [1.29, 1.82) is 0 Å². The maximum Gasteiger partial charge on any atom is 0.347 e. The van der Waals surface area contributed by atoms with Gasteiger partial charge >= 0.3 is 17.9 Å². The van der Waals surface area contributed by atoms with Gasteiger partial charge in [0.1, 0.15) is 39.9 Å². The van der Waals surface area contributed by atoms with Crippen molar-refractivity contribution < 1.29 is 44.3 Å². The number of rotatable bonds is 5. The molecular weight excluding hydrogens is 492 g/mol. The molecule has 0 aromatic heterocycles. The fourth-order valence-corrected chi connectivity index (χ4v) is 4.41. The van der Waals surface area contributed by atoms with Crippen molar-refractivity contribution in [2.75, 3.05) is 0 Å². The third-order valence-corrected chi connectivity index (χ3v) is 7.00. The summed E-state index contributed by atoms with van der Waals surface area (Å²) in [5.41, 5.74) is 2.69. The van der Waals surface area contributed by atoms with Gasteiger partial charge in [-0.15, -0.1) is 0 Å².